The minimum Gasteiger partial charge on any atom is -0.322 e. The highest BCUT2D eigenvalue weighted by atomic mass is 16.1. The number of rotatable bonds is 3. The molecule has 1 aromatic carbocycles. The zero-order chi connectivity index (χ0) is 17.2. The first-order valence-corrected chi connectivity index (χ1v) is 7.71. The number of aryl methyl sites for hydroxylation is 1. The van der Waals surface area contributed by atoms with E-state index in [1.54, 1.807) is 29.8 Å². The third-order valence-electron chi connectivity index (χ3n) is 3.67. The fourth-order valence-corrected chi connectivity index (χ4v) is 2.38. The number of anilines is 1. The van der Waals surface area contributed by atoms with E-state index in [1.165, 1.54) is 12.4 Å². The Morgan fingerprint density at radius 2 is 1.84 bits per heavy atom. The Hall–Kier alpha value is -3.61. The lowest BCUT2D eigenvalue weighted by Gasteiger charge is -2.04. The smallest absolute Gasteiger partial charge is 0.258 e. The van der Waals surface area contributed by atoms with Crippen LogP contribution in [0.2, 0.25) is 0 Å². The molecule has 0 unspecified atom stereocenters. The Labute approximate surface area is 143 Å². The van der Waals surface area contributed by atoms with Crippen molar-refractivity contribution in [3.05, 3.63) is 72.4 Å². The topological polar surface area (TPSA) is 85.1 Å². The predicted molar refractivity (Wildman–Crippen MR) is 93.1 cm³/mol. The third kappa shape index (κ3) is 3.07. The maximum atomic E-state index is 12.3. The minimum atomic E-state index is -0.271. The summed E-state index contributed by atoms with van der Waals surface area (Å²) >= 11 is 0. The van der Waals surface area contributed by atoms with E-state index in [9.17, 15) is 4.79 Å². The van der Waals surface area contributed by atoms with Gasteiger partial charge in [-0.1, -0.05) is 30.3 Å². The van der Waals surface area contributed by atoms with Gasteiger partial charge in [-0.15, -0.1) is 5.10 Å². The van der Waals surface area contributed by atoms with Crippen molar-refractivity contribution in [2.45, 2.75) is 6.92 Å². The number of fused-ring (bicyclic) bond motifs is 1. The highest BCUT2D eigenvalue weighted by Gasteiger charge is 2.10. The molecule has 122 valence electrons. The molecule has 4 aromatic rings. The number of nitrogens with one attached hydrogen (secondary N) is 1. The fraction of sp³-hybridized carbons (Fsp3) is 0.0556. The zero-order valence-corrected chi connectivity index (χ0v) is 13.4. The first-order chi connectivity index (χ1) is 12.2. The van der Waals surface area contributed by atoms with Gasteiger partial charge in [0.15, 0.2) is 11.5 Å². The number of benzene rings is 1. The molecule has 0 bridgehead atoms. The molecule has 1 N–H and O–H groups in total. The lowest BCUT2D eigenvalue weighted by Crippen LogP contribution is -2.13. The summed E-state index contributed by atoms with van der Waals surface area (Å²) in [5.41, 5.74) is 2.62. The van der Waals surface area contributed by atoms with Crippen molar-refractivity contribution in [1.29, 1.82) is 0 Å². The summed E-state index contributed by atoms with van der Waals surface area (Å²) in [6, 6.07) is 13.3. The van der Waals surface area contributed by atoms with E-state index in [0.29, 0.717) is 28.5 Å². The van der Waals surface area contributed by atoms with Crippen LogP contribution in [0.4, 0.5) is 5.69 Å². The van der Waals surface area contributed by atoms with Crippen LogP contribution >= 0.6 is 0 Å². The molecule has 0 spiro atoms. The monoisotopic (exact) mass is 330 g/mol. The molecule has 4 rings (SSSR count). The van der Waals surface area contributed by atoms with Crippen molar-refractivity contribution in [3.63, 3.8) is 0 Å². The van der Waals surface area contributed by atoms with Gasteiger partial charge in [-0.2, -0.15) is 0 Å². The van der Waals surface area contributed by atoms with Gasteiger partial charge >= 0.3 is 0 Å². The van der Waals surface area contributed by atoms with Crippen LogP contribution in [-0.2, 0) is 0 Å². The first kappa shape index (κ1) is 14.9. The molecule has 0 fully saturated rings. The van der Waals surface area contributed by atoms with Crippen molar-refractivity contribution in [2.24, 2.45) is 0 Å². The number of carbonyl (C=O) groups excluding carboxylic acids is 1. The van der Waals surface area contributed by atoms with Gasteiger partial charge in [-0.3, -0.25) is 4.79 Å². The highest BCUT2D eigenvalue weighted by molar-refractivity contribution is 6.04. The van der Waals surface area contributed by atoms with Crippen LogP contribution < -0.4 is 5.32 Å². The number of amides is 1. The van der Waals surface area contributed by atoms with Gasteiger partial charge in [0.25, 0.3) is 5.91 Å². The molecule has 0 saturated heterocycles. The third-order valence-corrected chi connectivity index (χ3v) is 3.67. The summed E-state index contributed by atoms with van der Waals surface area (Å²) in [7, 11) is 0. The lowest BCUT2D eigenvalue weighted by molar-refractivity contribution is 0.102. The van der Waals surface area contributed by atoms with Gasteiger partial charge in [0, 0.05) is 35.9 Å². The van der Waals surface area contributed by atoms with Gasteiger partial charge < -0.3 is 5.32 Å². The van der Waals surface area contributed by atoms with Crippen molar-refractivity contribution in [1.82, 2.24) is 24.6 Å². The molecule has 1 amide bonds. The van der Waals surface area contributed by atoms with Crippen molar-refractivity contribution < 1.29 is 4.79 Å². The summed E-state index contributed by atoms with van der Waals surface area (Å²) in [4.78, 5) is 24.8. The van der Waals surface area contributed by atoms with E-state index in [2.05, 4.69) is 25.4 Å². The van der Waals surface area contributed by atoms with Crippen molar-refractivity contribution >= 4 is 17.2 Å². The average molecular weight is 330 g/mol. The number of carbonyl (C=O) groups is 1. The standard InChI is InChI=1S/C18H14N6O/c1-12-19-10-14(11-20-12)18(25)21-15-7-8-24-16(9-15)22-17(23-24)13-5-3-2-4-6-13/h2-11H,1H3,(H,21,25). The maximum absolute atomic E-state index is 12.3. The number of hydrogen-bond donors (Lipinski definition) is 1. The SMILES string of the molecule is Cc1ncc(C(=O)Nc2ccn3nc(-c4ccccc4)nc3c2)cn1. The normalized spacial score (nSPS) is 10.8. The molecule has 0 saturated carbocycles. The van der Waals surface area contributed by atoms with Crippen LogP contribution in [0.5, 0.6) is 0 Å². The van der Waals surface area contributed by atoms with E-state index in [0.717, 1.165) is 5.56 Å². The van der Waals surface area contributed by atoms with Crippen LogP contribution in [0.15, 0.2) is 61.1 Å². The number of aromatic nitrogens is 5. The van der Waals surface area contributed by atoms with E-state index in [4.69, 9.17) is 0 Å². The second-order valence-electron chi connectivity index (χ2n) is 5.49. The van der Waals surface area contributed by atoms with E-state index < -0.39 is 0 Å². The Kier molecular flexibility index (Phi) is 3.66. The van der Waals surface area contributed by atoms with Gasteiger partial charge in [0.05, 0.1) is 5.56 Å². The van der Waals surface area contributed by atoms with Gasteiger partial charge in [-0.25, -0.2) is 19.5 Å². The first-order valence-electron chi connectivity index (χ1n) is 7.71. The second-order valence-corrected chi connectivity index (χ2v) is 5.49. The summed E-state index contributed by atoms with van der Waals surface area (Å²) in [6.45, 7) is 1.77. The molecular weight excluding hydrogens is 316 g/mol. The van der Waals surface area contributed by atoms with Gasteiger partial charge in [-0.05, 0) is 13.0 Å². The Morgan fingerprint density at radius 1 is 1.08 bits per heavy atom. The molecule has 0 radical (unpaired) electrons. The van der Waals surface area contributed by atoms with Crippen LogP contribution in [0.1, 0.15) is 16.2 Å². The molecule has 3 aromatic heterocycles. The number of pyridine rings is 1. The molecular formula is C18H14N6O. The molecule has 7 heteroatoms. The fourth-order valence-electron chi connectivity index (χ4n) is 2.38. The predicted octanol–water partition coefficient (Wildman–Crippen LogP) is 2.75. The molecule has 0 atom stereocenters. The summed E-state index contributed by atoms with van der Waals surface area (Å²) in [5.74, 6) is 0.984. The molecule has 3 heterocycles. The summed E-state index contributed by atoms with van der Waals surface area (Å²) in [6.07, 6.45) is 4.76. The van der Waals surface area contributed by atoms with Crippen molar-refractivity contribution in [2.75, 3.05) is 5.32 Å². The largest absolute Gasteiger partial charge is 0.322 e. The van der Waals surface area contributed by atoms with Crippen LogP contribution in [0.25, 0.3) is 17.0 Å². The van der Waals surface area contributed by atoms with Crippen molar-refractivity contribution in [3.8, 4) is 11.4 Å². The van der Waals surface area contributed by atoms with Gasteiger partial charge in [0.1, 0.15) is 5.82 Å². The summed E-state index contributed by atoms with van der Waals surface area (Å²) in [5, 5.41) is 7.26. The van der Waals surface area contributed by atoms with Crippen LogP contribution in [0.3, 0.4) is 0 Å². The molecule has 0 aliphatic heterocycles. The van der Waals surface area contributed by atoms with E-state index >= 15 is 0 Å². The number of hydrogen-bond acceptors (Lipinski definition) is 5. The lowest BCUT2D eigenvalue weighted by atomic mass is 10.2. The zero-order valence-electron chi connectivity index (χ0n) is 13.4. The maximum Gasteiger partial charge on any atom is 0.258 e. The molecule has 25 heavy (non-hydrogen) atoms. The average Bonchev–Trinajstić information content (AvgIpc) is 3.06. The quantitative estimate of drug-likeness (QED) is 0.624. The van der Waals surface area contributed by atoms with Crippen LogP contribution in [0, 0.1) is 6.92 Å². The second kappa shape index (κ2) is 6.12. The summed E-state index contributed by atoms with van der Waals surface area (Å²) < 4.78 is 1.67. The minimum absolute atomic E-state index is 0.271. The molecule has 0 aliphatic rings. The van der Waals surface area contributed by atoms with Gasteiger partial charge in [0.2, 0.25) is 0 Å². The highest BCUT2D eigenvalue weighted by Crippen LogP contribution is 2.18. The van der Waals surface area contributed by atoms with E-state index in [-0.39, 0.29) is 5.91 Å². The van der Waals surface area contributed by atoms with E-state index in [1.807, 2.05) is 30.3 Å². The number of nitrogens with zero attached hydrogens (tertiary/aromatic N) is 5. The molecule has 7 nitrogen and oxygen atoms in total. The Bertz CT molecular complexity index is 1040. The molecule has 0 aliphatic carbocycles. The Balaban J connectivity index is 1.61. The Morgan fingerprint density at radius 3 is 2.60 bits per heavy atom. The van der Waals surface area contributed by atoms with Crippen LogP contribution in [-0.4, -0.2) is 30.5 Å².